The van der Waals surface area contributed by atoms with Crippen molar-refractivity contribution in [3.05, 3.63) is 112 Å². The third-order valence-electron chi connectivity index (χ3n) is 3.86. The minimum Gasteiger partial charge on any atom is -0.288 e. The fourth-order valence-electron chi connectivity index (χ4n) is 2.61. The Balaban J connectivity index is 1.75. The molecule has 3 rings (SSSR count). The molecular formula is C23H21BrN2. The number of benzene rings is 3. The molecule has 0 unspecified atom stereocenters. The van der Waals surface area contributed by atoms with Gasteiger partial charge in [0.15, 0.2) is 0 Å². The maximum absolute atomic E-state index is 4.70. The lowest BCUT2D eigenvalue weighted by atomic mass is 10.2. The summed E-state index contributed by atoms with van der Waals surface area (Å²) in [6, 6.07) is 31.0. The summed E-state index contributed by atoms with van der Waals surface area (Å²) in [6.45, 7) is 1.52. The van der Waals surface area contributed by atoms with E-state index >= 15 is 0 Å². The van der Waals surface area contributed by atoms with Gasteiger partial charge in [0.25, 0.3) is 0 Å². The highest BCUT2D eigenvalue weighted by molar-refractivity contribution is 9.12. The van der Waals surface area contributed by atoms with Crippen LogP contribution in [0.2, 0.25) is 0 Å². The number of nitrogens with zero attached hydrogens (tertiary/aromatic N) is 2. The summed E-state index contributed by atoms with van der Waals surface area (Å²) in [7, 11) is 0. The van der Waals surface area contributed by atoms with Gasteiger partial charge in [-0.1, -0.05) is 91.0 Å². The van der Waals surface area contributed by atoms with Gasteiger partial charge in [-0.2, -0.15) is 5.10 Å². The van der Waals surface area contributed by atoms with Gasteiger partial charge in [-0.25, -0.2) is 0 Å². The fraction of sp³-hybridized carbons (Fsp3) is 0.0870. The quantitative estimate of drug-likeness (QED) is 0.342. The predicted octanol–water partition coefficient (Wildman–Crippen LogP) is 6.11. The Kier molecular flexibility index (Phi) is 6.80. The van der Waals surface area contributed by atoms with Crippen molar-refractivity contribution in [2.24, 2.45) is 5.10 Å². The molecule has 0 aromatic heterocycles. The molecule has 3 heteroatoms. The average Bonchev–Trinajstić information content (AvgIpc) is 2.68. The number of hydrazone groups is 1. The van der Waals surface area contributed by atoms with Crippen LogP contribution in [-0.2, 0) is 13.1 Å². The monoisotopic (exact) mass is 404 g/mol. The summed E-state index contributed by atoms with van der Waals surface area (Å²) in [4.78, 5) is 0. The van der Waals surface area contributed by atoms with E-state index in [2.05, 4.69) is 87.7 Å². The third kappa shape index (κ3) is 6.01. The molecule has 2 nitrogen and oxygen atoms in total. The van der Waals surface area contributed by atoms with Crippen molar-refractivity contribution in [1.29, 1.82) is 0 Å². The number of halogens is 1. The van der Waals surface area contributed by atoms with Crippen molar-refractivity contribution in [1.82, 2.24) is 5.01 Å². The van der Waals surface area contributed by atoms with E-state index in [0.29, 0.717) is 0 Å². The van der Waals surface area contributed by atoms with Gasteiger partial charge >= 0.3 is 0 Å². The largest absolute Gasteiger partial charge is 0.288 e. The van der Waals surface area contributed by atoms with Crippen LogP contribution in [0.15, 0.2) is 101 Å². The van der Waals surface area contributed by atoms with E-state index in [1.807, 2.05) is 36.5 Å². The molecule has 0 bridgehead atoms. The molecule has 130 valence electrons. The van der Waals surface area contributed by atoms with Crippen LogP contribution >= 0.6 is 15.9 Å². The van der Waals surface area contributed by atoms with Crippen molar-refractivity contribution in [2.75, 3.05) is 0 Å². The van der Waals surface area contributed by atoms with E-state index in [4.69, 9.17) is 5.10 Å². The molecule has 0 aliphatic heterocycles. The van der Waals surface area contributed by atoms with Crippen LogP contribution in [0.25, 0.3) is 6.08 Å². The lowest BCUT2D eigenvalue weighted by Gasteiger charge is -2.19. The normalized spacial score (nSPS) is 11.7. The lowest BCUT2D eigenvalue weighted by Crippen LogP contribution is -2.16. The highest BCUT2D eigenvalue weighted by atomic mass is 79.9. The number of rotatable bonds is 7. The molecule has 0 spiro atoms. The molecule has 0 radical (unpaired) electrons. The van der Waals surface area contributed by atoms with Crippen LogP contribution in [0.4, 0.5) is 0 Å². The first-order valence-electron chi connectivity index (χ1n) is 8.58. The van der Waals surface area contributed by atoms with Crippen LogP contribution < -0.4 is 0 Å². The molecule has 3 aromatic rings. The minimum atomic E-state index is 0.762. The van der Waals surface area contributed by atoms with E-state index in [9.17, 15) is 0 Å². The van der Waals surface area contributed by atoms with Gasteiger partial charge < -0.3 is 0 Å². The molecule has 0 heterocycles. The van der Waals surface area contributed by atoms with Crippen molar-refractivity contribution >= 4 is 28.2 Å². The molecule has 0 fully saturated rings. The van der Waals surface area contributed by atoms with Crippen LogP contribution in [0.3, 0.4) is 0 Å². The Bertz CT molecular complexity index is 802. The van der Waals surface area contributed by atoms with Crippen molar-refractivity contribution < 1.29 is 0 Å². The molecule has 0 atom stereocenters. The fourth-order valence-corrected chi connectivity index (χ4v) is 2.96. The van der Waals surface area contributed by atoms with Gasteiger partial charge in [-0.05, 0) is 38.7 Å². The second-order valence-electron chi connectivity index (χ2n) is 5.98. The summed E-state index contributed by atoms with van der Waals surface area (Å²) in [5, 5.41) is 6.78. The molecule has 0 saturated carbocycles. The molecule has 0 aliphatic carbocycles. The molecule has 0 aliphatic rings. The first kappa shape index (κ1) is 18.2. The zero-order valence-corrected chi connectivity index (χ0v) is 16.1. The number of allylic oxidation sites excluding steroid dienone is 1. The second-order valence-corrected chi connectivity index (χ2v) is 6.89. The van der Waals surface area contributed by atoms with Crippen LogP contribution in [-0.4, -0.2) is 11.2 Å². The van der Waals surface area contributed by atoms with Crippen LogP contribution in [0.5, 0.6) is 0 Å². The molecule has 0 saturated heterocycles. The Hall–Kier alpha value is -2.65. The first-order valence-corrected chi connectivity index (χ1v) is 9.38. The zero-order chi connectivity index (χ0) is 18.0. The Labute approximate surface area is 163 Å². The summed E-state index contributed by atoms with van der Waals surface area (Å²) >= 11 is 3.60. The van der Waals surface area contributed by atoms with E-state index in [0.717, 1.165) is 23.1 Å². The van der Waals surface area contributed by atoms with Gasteiger partial charge in [0, 0.05) is 4.48 Å². The predicted molar refractivity (Wildman–Crippen MR) is 114 cm³/mol. The molecule has 26 heavy (non-hydrogen) atoms. The van der Waals surface area contributed by atoms with Crippen LogP contribution in [0, 0.1) is 0 Å². The Morgan fingerprint density at radius 1 is 0.731 bits per heavy atom. The summed E-state index contributed by atoms with van der Waals surface area (Å²) in [5.41, 5.74) is 3.62. The highest BCUT2D eigenvalue weighted by Gasteiger charge is 2.04. The van der Waals surface area contributed by atoms with Crippen LogP contribution in [0.1, 0.15) is 16.7 Å². The number of hydrogen-bond donors (Lipinski definition) is 0. The highest BCUT2D eigenvalue weighted by Crippen LogP contribution is 2.13. The SMILES string of the molecule is BrC(/C=N/N(Cc1ccccc1)Cc1ccccc1)=C/c1ccccc1. The molecule has 3 aromatic carbocycles. The van der Waals surface area contributed by atoms with Crippen molar-refractivity contribution in [3.63, 3.8) is 0 Å². The van der Waals surface area contributed by atoms with Crippen molar-refractivity contribution in [3.8, 4) is 0 Å². The van der Waals surface area contributed by atoms with E-state index in [-0.39, 0.29) is 0 Å². The van der Waals surface area contributed by atoms with E-state index < -0.39 is 0 Å². The molecular weight excluding hydrogens is 384 g/mol. The molecule has 0 N–H and O–H groups in total. The maximum atomic E-state index is 4.70. The second kappa shape index (κ2) is 9.73. The zero-order valence-electron chi connectivity index (χ0n) is 14.5. The third-order valence-corrected chi connectivity index (χ3v) is 4.30. The average molecular weight is 405 g/mol. The van der Waals surface area contributed by atoms with Gasteiger partial charge in [0.1, 0.15) is 0 Å². The first-order chi connectivity index (χ1) is 12.8. The minimum absolute atomic E-state index is 0.762. The topological polar surface area (TPSA) is 15.6 Å². The van der Waals surface area contributed by atoms with Gasteiger partial charge in [-0.15, -0.1) is 0 Å². The van der Waals surface area contributed by atoms with E-state index in [1.54, 1.807) is 0 Å². The summed E-state index contributed by atoms with van der Waals surface area (Å²) in [5.74, 6) is 0. The number of hydrogen-bond acceptors (Lipinski definition) is 2. The smallest absolute Gasteiger partial charge is 0.0614 e. The van der Waals surface area contributed by atoms with Gasteiger partial charge in [-0.3, -0.25) is 5.01 Å². The Morgan fingerprint density at radius 2 is 1.19 bits per heavy atom. The molecule has 0 amide bonds. The van der Waals surface area contributed by atoms with Gasteiger partial charge in [0.2, 0.25) is 0 Å². The summed E-state index contributed by atoms with van der Waals surface area (Å²) < 4.78 is 0.940. The van der Waals surface area contributed by atoms with E-state index in [1.165, 1.54) is 11.1 Å². The van der Waals surface area contributed by atoms with Gasteiger partial charge in [0.05, 0.1) is 19.3 Å². The van der Waals surface area contributed by atoms with Crippen molar-refractivity contribution in [2.45, 2.75) is 13.1 Å². The summed E-state index contributed by atoms with van der Waals surface area (Å²) in [6.07, 6.45) is 3.92. The lowest BCUT2D eigenvalue weighted by molar-refractivity contribution is 0.272. The maximum Gasteiger partial charge on any atom is 0.0614 e. The standard InChI is InChI=1S/C23H21BrN2/c24-23(16-20-10-4-1-5-11-20)17-25-26(18-21-12-6-2-7-13-21)19-22-14-8-3-9-15-22/h1-17H,18-19H2/b23-16+,25-17+. The Morgan fingerprint density at radius 3 is 1.69 bits per heavy atom.